The van der Waals surface area contributed by atoms with E-state index in [1.807, 2.05) is 67.5 Å². The fraction of sp³-hybridized carbons (Fsp3) is 0.727. The molecule has 1 aromatic rings. The van der Waals surface area contributed by atoms with Crippen molar-refractivity contribution in [1.82, 2.24) is 9.88 Å². The van der Waals surface area contributed by atoms with Gasteiger partial charge in [0.2, 0.25) is 5.88 Å². The highest BCUT2D eigenvalue weighted by atomic mass is 16.7. The Bertz CT molecular complexity index is 766. The van der Waals surface area contributed by atoms with Gasteiger partial charge in [0, 0.05) is 37.1 Å². The van der Waals surface area contributed by atoms with Crippen LogP contribution in [0.15, 0.2) is 12.1 Å². The summed E-state index contributed by atoms with van der Waals surface area (Å²) in [4.78, 5) is 18.6. The van der Waals surface area contributed by atoms with E-state index in [1.54, 1.807) is 4.90 Å². The number of hydrogen-bond donors (Lipinski definition) is 0. The van der Waals surface area contributed by atoms with Gasteiger partial charge in [0.1, 0.15) is 11.7 Å². The normalized spacial score (nSPS) is 21.6. The Morgan fingerprint density at radius 3 is 2.20 bits per heavy atom. The summed E-state index contributed by atoms with van der Waals surface area (Å²) in [5.41, 5.74) is 0.492. The zero-order valence-corrected chi connectivity index (χ0v) is 19.6. The summed E-state index contributed by atoms with van der Waals surface area (Å²) < 4.78 is 23.8. The van der Waals surface area contributed by atoms with Gasteiger partial charge in [-0.3, -0.25) is 0 Å². The third-order valence-corrected chi connectivity index (χ3v) is 5.99. The molecule has 2 fully saturated rings. The number of ether oxygens (including phenoxy) is 2. The Labute approximate surface area is 180 Å². The Kier molecular flexibility index (Phi) is 6.13. The van der Waals surface area contributed by atoms with E-state index in [4.69, 9.17) is 18.8 Å². The minimum atomic E-state index is -0.481. The Balaban J connectivity index is 1.57. The van der Waals surface area contributed by atoms with Crippen molar-refractivity contribution < 1.29 is 23.6 Å². The van der Waals surface area contributed by atoms with Crippen molar-refractivity contribution in [2.75, 3.05) is 13.1 Å². The number of amides is 1. The standard InChI is InChI=1S/C22H35BN2O5/c1-15-17(23-29-21(5,6)22(7,8)30-23)9-10-18(24-15)27-16-11-13-25(14-12-16)19(26)28-20(2,3)4/h9-10,16H,11-14H2,1-8H3. The smallest absolute Gasteiger partial charge is 0.474 e. The molecule has 0 atom stereocenters. The van der Waals surface area contributed by atoms with Crippen molar-refractivity contribution in [3.05, 3.63) is 17.8 Å². The molecule has 1 aromatic heterocycles. The maximum absolute atomic E-state index is 12.2. The second-order valence-corrected chi connectivity index (χ2v) is 10.2. The number of nitrogens with zero attached hydrogens (tertiary/aromatic N) is 2. The van der Waals surface area contributed by atoms with Crippen LogP contribution in [0.25, 0.3) is 0 Å². The van der Waals surface area contributed by atoms with Gasteiger partial charge in [0.25, 0.3) is 0 Å². The molecule has 8 heteroatoms. The van der Waals surface area contributed by atoms with Crippen LogP contribution in [-0.2, 0) is 14.0 Å². The third kappa shape index (κ3) is 5.09. The summed E-state index contributed by atoms with van der Waals surface area (Å²) in [5.74, 6) is 0.587. The van der Waals surface area contributed by atoms with Crippen LogP contribution >= 0.6 is 0 Å². The highest BCUT2D eigenvalue weighted by Gasteiger charge is 2.52. The van der Waals surface area contributed by atoms with E-state index >= 15 is 0 Å². The summed E-state index contributed by atoms with van der Waals surface area (Å²) in [6.07, 6.45) is 1.26. The number of pyridine rings is 1. The van der Waals surface area contributed by atoms with Crippen LogP contribution < -0.4 is 10.2 Å². The maximum Gasteiger partial charge on any atom is 0.496 e. The van der Waals surface area contributed by atoms with E-state index in [-0.39, 0.29) is 23.4 Å². The monoisotopic (exact) mass is 418 g/mol. The molecule has 2 saturated heterocycles. The molecule has 0 saturated carbocycles. The molecule has 0 radical (unpaired) electrons. The second kappa shape index (κ2) is 8.04. The van der Waals surface area contributed by atoms with Crippen molar-refractivity contribution in [3.8, 4) is 5.88 Å². The first-order valence-corrected chi connectivity index (χ1v) is 10.8. The minimum Gasteiger partial charge on any atom is -0.474 e. The van der Waals surface area contributed by atoms with Gasteiger partial charge in [-0.15, -0.1) is 0 Å². The number of piperidine rings is 1. The number of hydrogen-bond acceptors (Lipinski definition) is 6. The first-order chi connectivity index (χ1) is 13.8. The van der Waals surface area contributed by atoms with Crippen LogP contribution in [0, 0.1) is 6.92 Å². The number of carbonyl (C=O) groups excluding carboxylic acids is 1. The molecule has 0 unspecified atom stereocenters. The van der Waals surface area contributed by atoms with Crippen LogP contribution in [0.2, 0.25) is 0 Å². The van der Waals surface area contributed by atoms with Gasteiger partial charge in [0.05, 0.1) is 11.2 Å². The molecule has 0 N–H and O–H groups in total. The van der Waals surface area contributed by atoms with Crippen LogP contribution in [-0.4, -0.2) is 59.1 Å². The molecule has 3 heterocycles. The van der Waals surface area contributed by atoms with E-state index in [9.17, 15) is 4.79 Å². The average Bonchev–Trinajstić information content (AvgIpc) is 2.81. The van der Waals surface area contributed by atoms with Gasteiger partial charge < -0.3 is 23.7 Å². The molecule has 0 spiro atoms. The molecule has 3 rings (SSSR count). The average molecular weight is 418 g/mol. The van der Waals surface area contributed by atoms with Crippen LogP contribution in [0.3, 0.4) is 0 Å². The molecule has 2 aliphatic heterocycles. The topological polar surface area (TPSA) is 70.1 Å². The van der Waals surface area contributed by atoms with Gasteiger partial charge in [-0.2, -0.15) is 0 Å². The molecule has 30 heavy (non-hydrogen) atoms. The lowest BCUT2D eigenvalue weighted by atomic mass is 9.78. The Morgan fingerprint density at radius 1 is 1.13 bits per heavy atom. The highest BCUT2D eigenvalue weighted by molar-refractivity contribution is 6.62. The van der Waals surface area contributed by atoms with Crippen LogP contribution in [0.4, 0.5) is 4.79 Å². The predicted molar refractivity (Wildman–Crippen MR) is 116 cm³/mol. The van der Waals surface area contributed by atoms with E-state index in [0.717, 1.165) is 24.0 Å². The predicted octanol–water partition coefficient (Wildman–Crippen LogP) is 3.47. The largest absolute Gasteiger partial charge is 0.496 e. The summed E-state index contributed by atoms with van der Waals surface area (Å²) >= 11 is 0. The van der Waals surface area contributed by atoms with Gasteiger partial charge in [0.15, 0.2) is 0 Å². The van der Waals surface area contributed by atoms with Crippen LogP contribution in [0.5, 0.6) is 5.88 Å². The van der Waals surface area contributed by atoms with Crippen molar-refractivity contribution in [3.63, 3.8) is 0 Å². The van der Waals surface area contributed by atoms with Crippen LogP contribution in [0.1, 0.15) is 67.0 Å². The minimum absolute atomic E-state index is 0.0262. The summed E-state index contributed by atoms with van der Waals surface area (Å²) in [6, 6.07) is 3.84. The molecule has 1 amide bonds. The molecule has 166 valence electrons. The lowest BCUT2D eigenvalue weighted by molar-refractivity contribution is 0.00578. The Morgan fingerprint density at radius 2 is 1.70 bits per heavy atom. The molecule has 7 nitrogen and oxygen atoms in total. The molecule has 2 aliphatic rings. The van der Waals surface area contributed by atoms with Crippen molar-refractivity contribution in [1.29, 1.82) is 0 Å². The quantitative estimate of drug-likeness (QED) is 0.701. The van der Waals surface area contributed by atoms with E-state index < -0.39 is 12.7 Å². The van der Waals surface area contributed by atoms with E-state index in [0.29, 0.717) is 19.0 Å². The fourth-order valence-electron chi connectivity index (χ4n) is 3.49. The highest BCUT2D eigenvalue weighted by Crippen LogP contribution is 2.36. The number of rotatable bonds is 3. The Hall–Kier alpha value is -1.80. The number of aromatic nitrogens is 1. The lowest BCUT2D eigenvalue weighted by Gasteiger charge is -2.33. The summed E-state index contributed by atoms with van der Waals surface area (Å²) in [6.45, 7) is 17.0. The van der Waals surface area contributed by atoms with Crippen molar-refractivity contribution >= 4 is 18.7 Å². The number of carbonyl (C=O) groups is 1. The van der Waals surface area contributed by atoms with Crippen molar-refractivity contribution in [2.24, 2.45) is 0 Å². The van der Waals surface area contributed by atoms with Gasteiger partial charge in [-0.1, -0.05) is 6.07 Å². The molecular weight excluding hydrogens is 383 g/mol. The first-order valence-electron chi connectivity index (χ1n) is 10.8. The molecule has 0 bridgehead atoms. The zero-order valence-electron chi connectivity index (χ0n) is 19.6. The van der Waals surface area contributed by atoms with Gasteiger partial charge >= 0.3 is 13.2 Å². The fourth-order valence-corrected chi connectivity index (χ4v) is 3.49. The molecule has 0 aromatic carbocycles. The molecule has 0 aliphatic carbocycles. The van der Waals surface area contributed by atoms with Crippen molar-refractivity contribution in [2.45, 2.75) is 91.1 Å². The second-order valence-electron chi connectivity index (χ2n) is 10.2. The lowest BCUT2D eigenvalue weighted by Crippen LogP contribution is -2.44. The molecular formula is C22H35BN2O5. The van der Waals surface area contributed by atoms with Gasteiger partial charge in [-0.05, 0) is 61.5 Å². The number of likely N-dealkylation sites (tertiary alicyclic amines) is 1. The third-order valence-electron chi connectivity index (χ3n) is 5.99. The summed E-state index contributed by atoms with van der Waals surface area (Å²) in [5, 5.41) is 0. The maximum atomic E-state index is 12.2. The van der Waals surface area contributed by atoms with E-state index in [2.05, 4.69) is 4.98 Å². The first kappa shape index (κ1) is 22.9. The number of aryl methyl sites for hydroxylation is 1. The van der Waals surface area contributed by atoms with Gasteiger partial charge in [-0.25, -0.2) is 9.78 Å². The zero-order chi connectivity index (χ0) is 22.3. The summed E-state index contributed by atoms with van der Waals surface area (Å²) in [7, 11) is -0.436. The van der Waals surface area contributed by atoms with E-state index in [1.165, 1.54) is 0 Å². The SMILES string of the molecule is Cc1nc(OC2CCN(C(=O)OC(C)(C)C)CC2)ccc1B1OC(C)(C)C(C)(C)O1.